The predicted molar refractivity (Wildman–Crippen MR) is 43.6 cm³/mol. The molecule has 0 aromatic carbocycles. The third-order valence-electron chi connectivity index (χ3n) is 1.97. The smallest absolute Gasteiger partial charge is 0.214 e. The van der Waals surface area contributed by atoms with Crippen molar-refractivity contribution in [2.75, 3.05) is 18.8 Å². The molecule has 1 atom stereocenters. The van der Waals surface area contributed by atoms with Crippen molar-refractivity contribution in [1.82, 2.24) is 4.31 Å². The lowest BCUT2D eigenvalue weighted by Crippen LogP contribution is -2.39. The molecular formula is C6H14N2O2S. The van der Waals surface area contributed by atoms with Gasteiger partial charge < -0.3 is 5.73 Å². The summed E-state index contributed by atoms with van der Waals surface area (Å²) < 4.78 is 24.0. The van der Waals surface area contributed by atoms with Gasteiger partial charge in [0.2, 0.25) is 10.0 Å². The third-order valence-corrected chi connectivity index (χ3v) is 4.03. The topological polar surface area (TPSA) is 63.4 Å². The zero-order chi connectivity index (χ0) is 8.48. The van der Waals surface area contributed by atoms with Gasteiger partial charge in [0, 0.05) is 19.1 Å². The van der Waals surface area contributed by atoms with Crippen LogP contribution in [0.25, 0.3) is 0 Å². The summed E-state index contributed by atoms with van der Waals surface area (Å²) in [5.41, 5.74) is 5.37. The molecule has 0 saturated carbocycles. The Morgan fingerprint density at radius 1 is 1.64 bits per heavy atom. The van der Waals surface area contributed by atoms with Crippen LogP contribution in [0.5, 0.6) is 0 Å². The van der Waals surface area contributed by atoms with Crippen LogP contribution in [0.2, 0.25) is 0 Å². The second kappa shape index (κ2) is 3.08. The van der Waals surface area contributed by atoms with Gasteiger partial charge in [0.25, 0.3) is 0 Å². The van der Waals surface area contributed by atoms with E-state index in [1.807, 2.05) is 6.92 Å². The molecule has 1 saturated heterocycles. The molecule has 1 unspecified atom stereocenters. The van der Waals surface area contributed by atoms with Crippen LogP contribution < -0.4 is 5.73 Å². The molecule has 0 spiro atoms. The first kappa shape index (κ1) is 8.96. The normalized spacial score (nSPS) is 27.1. The van der Waals surface area contributed by atoms with Crippen molar-refractivity contribution >= 4 is 10.0 Å². The lowest BCUT2D eigenvalue weighted by Gasteiger charge is -2.20. The molecule has 0 aliphatic carbocycles. The van der Waals surface area contributed by atoms with E-state index in [1.54, 1.807) is 0 Å². The van der Waals surface area contributed by atoms with Crippen molar-refractivity contribution in [1.29, 1.82) is 0 Å². The van der Waals surface area contributed by atoms with Crippen molar-refractivity contribution in [3.05, 3.63) is 0 Å². The van der Waals surface area contributed by atoms with Gasteiger partial charge in [-0.2, -0.15) is 4.31 Å². The van der Waals surface area contributed by atoms with Gasteiger partial charge in [0.15, 0.2) is 0 Å². The second-order valence-electron chi connectivity index (χ2n) is 2.87. The number of hydrogen-bond donors (Lipinski definition) is 1. The summed E-state index contributed by atoms with van der Waals surface area (Å²) in [6, 6.07) is -0.0394. The Balaban J connectivity index is 2.73. The van der Waals surface area contributed by atoms with Crippen molar-refractivity contribution < 1.29 is 8.42 Å². The first-order chi connectivity index (χ1) is 5.08. The molecule has 66 valence electrons. The van der Waals surface area contributed by atoms with Gasteiger partial charge in [-0.1, -0.05) is 0 Å². The number of rotatable bonds is 2. The van der Waals surface area contributed by atoms with Crippen LogP contribution in [-0.2, 0) is 10.0 Å². The van der Waals surface area contributed by atoms with Crippen molar-refractivity contribution in [2.45, 2.75) is 19.4 Å². The Hall–Kier alpha value is -0.130. The van der Waals surface area contributed by atoms with Gasteiger partial charge >= 0.3 is 0 Å². The Morgan fingerprint density at radius 3 is 2.64 bits per heavy atom. The van der Waals surface area contributed by atoms with E-state index in [2.05, 4.69) is 0 Å². The fourth-order valence-electron chi connectivity index (χ4n) is 1.27. The summed E-state index contributed by atoms with van der Waals surface area (Å²) in [4.78, 5) is 0. The molecule has 1 fully saturated rings. The summed E-state index contributed by atoms with van der Waals surface area (Å²) in [6.45, 7) is 2.88. The minimum Gasteiger partial charge on any atom is -0.329 e. The van der Waals surface area contributed by atoms with E-state index in [-0.39, 0.29) is 11.8 Å². The highest BCUT2D eigenvalue weighted by atomic mass is 32.2. The zero-order valence-electron chi connectivity index (χ0n) is 6.66. The molecular weight excluding hydrogens is 164 g/mol. The van der Waals surface area contributed by atoms with Gasteiger partial charge in [0.1, 0.15) is 0 Å². The summed E-state index contributed by atoms with van der Waals surface area (Å²) >= 11 is 0. The lowest BCUT2D eigenvalue weighted by atomic mass is 10.3. The van der Waals surface area contributed by atoms with E-state index in [0.29, 0.717) is 13.1 Å². The van der Waals surface area contributed by atoms with Crippen molar-refractivity contribution in [3.8, 4) is 0 Å². The minimum atomic E-state index is -2.95. The van der Waals surface area contributed by atoms with Gasteiger partial charge in [-0.3, -0.25) is 0 Å². The number of hydrogen-bond acceptors (Lipinski definition) is 3. The Morgan fingerprint density at radius 2 is 2.27 bits per heavy atom. The van der Waals surface area contributed by atoms with Crippen LogP contribution in [0.1, 0.15) is 13.3 Å². The van der Waals surface area contributed by atoms with Crippen LogP contribution >= 0.6 is 0 Å². The molecule has 1 rings (SSSR count). The number of nitrogens with two attached hydrogens (primary N) is 1. The predicted octanol–water partition coefficient (Wildman–Crippen LogP) is -0.631. The number of nitrogens with zero attached hydrogens (tertiary/aromatic N) is 1. The Bertz CT molecular complexity index is 225. The van der Waals surface area contributed by atoms with E-state index < -0.39 is 10.0 Å². The van der Waals surface area contributed by atoms with E-state index >= 15 is 0 Å². The summed E-state index contributed by atoms with van der Waals surface area (Å²) in [6.07, 6.45) is 0.743. The standard InChI is InChI=1S/C6H14N2O2S/c1-6(5-7)8-3-2-4-11(8,9)10/h6H,2-5,7H2,1H3. The minimum absolute atomic E-state index is 0.0394. The van der Waals surface area contributed by atoms with E-state index in [0.717, 1.165) is 6.42 Å². The van der Waals surface area contributed by atoms with Crippen LogP contribution in [-0.4, -0.2) is 37.6 Å². The number of sulfonamides is 1. The maximum absolute atomic E-state index is 11.2. The van der Waals surface area contributed by atoms with Gasteiger partial charge in [-0.15, -0.1) is 0 Å². The van der Waals surface area contributed by atoms with E-state index in [1.165, 1.54) is 4.31 Å². The van der Waals surface area contributed by atoms with Gasteiger partial charge in [-0.25, -0.2) is 8.42 Å². The van der Waals surface area contributed by atoms with Gasteiger partial charge in [-0.05, 0) is 13.3 Å². The molecule has 11 heavy (non-hydrogen) atoms. The van der Waals surface area contributed by atoms with Crippen LogP contribution in [0, 0.1) is 0 Å². The van der Waals surface area contributed by atoms with E-state index in [9.17, 15) is 8.42 Å². The first-order valence-corrected chi connectivity index (χ1v) is 5.38. The molecule has 5 heteroatoms. The lowest BCUT2D eigenvalue weighted by molar-refractivity contribution is 0.366. The SMILES string of the molecule is CC(CN)N1CCCS1(=O)=O. The molecule has 0 aromatic rings. The molecule has 0 bridgehead atoms. The molecule has 2 N–H and O–H groups in total. The second-order valence-corrected chi connectivity index (χ2v) is 4.91. The van der Waals surface area contributed by atoms with Gasteiger partial charge in [0.05, 0.1) is 5.75 Å². The van der Waals surface area contributed by atoms with Crippen LogP contribution in [0.15, 0.2) is 0 Å². The van der Waals surface area contributed by atoms with Crippen LogP contribution in [0.3, 0.4) is 0 Å². The average Bonchev–Trinajstić information content (AvgIpc) is 2.28. The van der Waals surface area contributed by atoms with Crippen molar-refractivity contribution in [3.63, 3.8) is 0 Å². The maximum atomic E-state index is 11.2. The third kappa shape index (κ3) is 1.72. The zero-order valence-corrected chi connectivity index (χ0v) is 7.47. The summed E-state index contributed by atoms with van der Waals surface area (Å²) in [5, 5.41) is 0. The monoisotopic (exact) mass is 178 g/mol. The Labute approximate surface area is 67.4 Å². The molecule has 0 radical (unpaired) electrons. The molecule has 1 aliphatic heterocycles. The molecule has 0 aromatic heterocycles. The Kier molecular flexibility index (Phi) is 2.51. The highest BCUT2D eigenvalue weighted by Gasteiger charge is 2.31. The first-order valence-electron chi connectivity index (χ1n) is 3.77. The van der Waals surface area contributed by atoms with Crippen LogP contribution in [0.4, 0.5) is 0 Å². The summed E-state index contributed by atoms with van der Waals surface area (Å²) in [5.74, 6) is 0.289. The molecule has 4 nitrogen and oxygen atoms in total. The fourth-order valence-corrected chi connectivity index (χ4v) is 3.04. The van der Waals surface area contributed by atoms with Crippen molar-refractivity contribution in [2.24, 2.45) is 5.73 Å². The fraction of sp³-hybridized carbons (Fsp3) is 1.00. The maximum Gasteiger partial charge on any atom is 0.214 e. The molecule has 0 amide bonds. The highest BCUT2D eigenvalue weighted by Crippen LogP contribution is 2.15. The quantitative estimate of drug-likeness (QED) is 0.612. The molecule has 1 aliphatic rings. The van der Waals surface area contributed by atoms with E-state index in [4.69, 9.17) is 5.73 Å². The highest BCUT2D eigenvalue weighted by molar-refractivity contribution is 7.89. The molecule has 1 heterocycles. The average molecular weight is 178 g/mol. The largest absolute Gasteiger partial charge is 0.329 e. The summed E-state index contributed by atoms with van der Waals surface area (Å²) in [7, 11) is -2.95.